The summed E-state index contributed by atoms with van der Waals surface area (Å²) in [6, 6.07) is 9.26. The molecule has 6 heteroatoms. The standard InChI is InChI=1S/C21H25N3O3/c1-21(2)20(26)24(22-13-18(25)14-7-4-3-5-8-14)17-12-19-15(9-6-10-27-19)11-16(17)23-21/h3-10,12,17-18,20,22,25-26H,11,13H2,1-2H3. The zero-order chi connectivity index (χ0) is 19.0. The maximum atomic E-state index is 10.9. The molecule has 142 valence electrons. The lowest BCUT2D eigenvalue weighted by Crippen LogP contribution is -2.64. The monoisotopic (exact) mass is 367 g/mol. The van der Waals surface area contributed by atoms with Crippen LogP contribution in [0.4, 0.5) is 0 Å². The van der Waals surface area contributed by atoms with E-state index in [1.807, 2.05) is 62.4 Å². The molecular weight excluding hydrogens is 342 g/mol. The lowest BCUT2D eigenvalue weighted by atomic mass is 9.88. The number of aliphatic hydroxyl groups excluding tert-OH is 2. The van der Waals surface area contributed by atoms with Crippen LogP contribution < -0.4 is 5.43 Å². The molecule has 3 unspecified atom stereocenters. The molecule has 0 saturated heterocycles. The average molecular weight is 367 g/mol. The van der Waals surface area contributed by atoms with E-state index >= 15 is 0 Å². The Morgan fingerprint density at radius 2 is 2.11 bits per heavy atom. The molecule has 0 radical (unpaired) electrons. The van der Waals surface area contributed by atoms with E-state index in [4.69, 9.17) is 9.73 Å². The van der Waals surface area contributed by atoms with Crippen molar-refractivity contribution >= 4 is 5.71 Å². The maximum absolute atomic E-state index is 10.9. The molecule has 2 heterocycles. The molecule has 3 atom stereocenters. The van der Waals surface area contributed by atoms with E-state index < -0.39 is 17.9 Å². The van der Waals surface area contributed by atoms with Crippen molar-refractivity contribution in [1.82, 2.24) is 10.4 Å². The molecule has 0 saturated carbocycles. The predicted molar refractivity (Wildman–Crippen MR) is 104 cm³/mol. The normalized spacial score (nSPS) is 27.5. The number of rotatable bonds is 4. The van der Waals surface area contributed by atoms with Gasteiger partial charge in [-0.25, -0.2) is 10.4 Å². The topological polar surface area (TPSA) is 77.3 Å². The van der Waals surface area contributed by atoms with Crippen LogP contribution >= 0.6 is 0 Å². The summed E-state index contributed by atoms with van der Waals surface area (Å²) in [5, 5.41) is 23.2. The highest BCUT2D eigenvalue weighted by atomic mass is 16.5. The van der Waals surface area contributed by atoms with Crippen molar-refractivity contribution in [3.05, 3.63) is 71.7 Å². The summed E-state index contributed by atoms with van der Waals surface area (Å²) in [4.78, 5) is 4.80. The van der Waals surface area contributed by atoms with Gasteiger partial charge in [-0.2, -0.15) is 0 Å². The Morgan fingerprint density at radius 3 is 2.89 bits per heavy atom. The lowest BCUT2D eigenvalue weighted by molar-refractivity contribution is -0.0886. The van der Waals surface area contributed by atoms with Crippen molar-refractivity contribution in [2.24, 2.45) is 4.99 Å². The number of fused-ring (bicyclic) bond motifs is 2. The first-order valence-electron chi connectivity index (χ1n) is 9.22. The third kappa shape index (κ3) is 3.49. The number of benzene rings is 1. The van der Waals surface area contributed by atoms with Gasteiger partial charge < -0.3 is 14.9 Å². The summed E-state index contributed by atoms with van der Waals surface area (Å²) in [7, 11) is 0. The Hall–Kier alpha value is -2.25. The van der Waals surface area contributed by atoms with Crippen LogP contribution in [0.25, 0.3) is 0 Å². The zero-order valence-electron chi connectivity index (χ0n) is 15.5. The number of aliphatic imine (C=N–C) groups is 1. The van der Waals surface area contributed by atoms with Gasteiger partial charge >= 0.3 is 0 Å². The van der Waals surface area contributed by atoms with Crippen LogP contribution in [0.1, 0.15) is 31.9 Å². The summed E-state index contributed by atoms with van der Waals surface area (Å²) in [6.07, 6.45) is 6.69. The van der Waals surface area contributed by atoms with E-state index in [9.17, 15) is 10.2 Å². The third-order valence-electron chi connectivity index (χ3n) is 5.19. The number of hydrogen-bond acceptors (Lipinski definition) is 6. The van der Waals surface area contributed by atoms with E-state index in [-0.39, 0.29) is 12.6 Å². The second-order valence-corrected chi connectivity index (χ2v) is 7.62. The molecule has 1 aromatic carbocycles. The van der Waals surface area contributed by atoms with Crippen LogP contribution in [-0.2, 0) is 4.74 Å². The molecule has 4 rings (SSSR count). The largest absolute Gasteiger partial charge is 0.465 e. The lowest BCUT2D eigenvalue weighted by Gasteiger charge is -2.47. The molecule has 27 heavy (non-hydrogen) atoms. The highest BCUT2D eigenvalue weighted by Crippen LogP contribution is 2.35. The summed E-state index contributed by atoms with van der Waals surface area (Å²) in [5.74, 6) is 0.795. The quantitative estimate of drug-likeness (QED) is 0.761. The van der Waals surface area contributed by atoms with Crippen molar-refractivity contribution in [3.8, 4) is 0 Å². The first-order valence-corrected chi connectivity index (χ1v) is 9.22. The van der Waals surface area contributed by atoms with E-state index in [1.165, 1.54) is 0 Å². The zero-order valence-corrected chi connectivity index (χ0v) is 15.5. The van der Waals surface area contributed by atoms with Gasteiger partial charge in [0.25, 0.3) is 0 Å². The fraction of sp³-hybridized carbons (Fsp3) is 0.381. The van der Waals surface area contributed by atoms with Crippen molar-refractivity contribution in [3.63, 3.8) is 0 Å². The number of nitrogens with one attached hydrogen (secondary N) is 1. The minimum atomic E-state index is -0.837. The van der Waals surface area contributed by atoms with Crippen LogP contribution in [0, 0.1) is 0 Å². The van der Waals surface area contributed by atoms with E-state index in [2.05, 4.69) is 5.43 Å². The third-order valence-corrected chi connectivity index (χ3v) is 5.19. The molecule has 1 aromatic rings. The van der Waals surface area contributed by atoms with E-state index in [0.717, 1.165) is 22.6 Å². The van der Waals surface area contributed by atoms with Gasteiger partial charge in [0.05, 0.1) is 23.9 Å². The average Bonchev–Trinajstić information content (AvgIpc) is 2.67. The number of aliphatic hydroxyl groups is 2. The fourth-order valence-corrected chi connectivity index (χ4v) is 3.69. The first-order chi connectivity index (χ1) is 13.0. The van der Waals surface area contributed by atoms with Gasteiger partial charge in [0, 0.05) is 24.3 Å². The Morgan fingerprint density at radius 1 is 1.33 bits per heavy atom. The molecule has 0 aromatic heterocycles. The number of hydrazine groups is 1. The van der Waals surface area contributed by atoms with Crippen molar-refractivity contribution < 1.29 is 14.9 Å². The Bertz CT molecular complexity index is 826. The molecule has 3 N–H and O–H groups in total. The minimum Gasteiger partial charge on any atom is -0.465 e. The molecule has 0 fully saturated rings. The molecule has 0 amide bonds. The van der Waals surface area contributed by atoms with Crippen LogP contribution in [0.5, 0.6) is 0 Å². The summed E-state index contributed by atoms with van der Waals surface area (Å²) < 4.78 is 5.63. The highest BCUT2D eigenvalue weighted by molar-refractivity contribution is 5.96. The van der Waals surface area contributed by atoms with Gasteiger partial charge in [-0.3, -0.25) is 4.99 Å². The Labute approximate surface area is 159 Å². The Balaban J connectivity index is 1.58. The molecule has 0 bridgehead atoms. The van der Waals surface area contributed by atoms with Gasteiger partial charge in [0.1, 0.15) is 12.0 Å². The highest BCUT2D eigenvalue weighted by Gasteiger charge is 2.44. The molecule has 1 aliphatic carbocycles. The first kappa shape index (κ1) is 18.1. The van der Waals surface area contributed by atoms with Gasteiger partial charge in [-0.05, 0) is 31.6 Å². The number of hydrogen-bond donors (Lipinski definition) is 3. The molecule has 3 aliphatic rings. The van der Waals surface area contributed by atoms with Crippen LogP contribution in [-0.4, -0.2) is 45.3 Å². The Kier molecular flexibility index (Phi) is 4.74. The van der Waals surface area contributed by atoms with E-state index in [1.54, 1.807) is 11.3 Å². The summed E-state index contributed by atoms with van der Waals surface area (Å²) in [5.41, 5.74) is 5.47. The second-order valence-electron chi connectivity index (χ2n) is 7.62. The van der Waals surface area contributed by atoms with Gasteiger partial charge in [0.15, 0.2) is 0 Å². The SMILES string of the molecule is CC1(C)N=C2CC3=CC=COC3=CC2N(NCC(O)c2ccccc2)C1O. The predicted octanol–water partition coefficient (Wildman–Crippen LogP) is 2.20. The molecule has 6 nitrogen and oxygen atoms in total. The molecular formula is C21H25N3O3. The number of ether oxygens (including phenoxy) is 1. The molecule has 2 aliphatic heterocycles. The smallest absolute Gasteiger partial charge is 0.145 e. The summed E-state index contributed by atoms with van der Waals surface area (Å²) >= 11 is 0. The van der Waals surface area contributed by atoms with Gasteiger partial charge in [0.2, 0.25) is 0 Å². The van der Waals surface area contributed by atoms with Crippen molar-refractivity contribution in [1.29, 1.82) is 0 Å². The summed E-state index contributed by atoms with van der Waals surface area (Å²) in [6.45, 7) is 4.11. The van der Waals surface area contributed by atoms with Gasteiger partial charge in [-0.15, -0.1) is 0 Å². The second kappa shape index (κ2) is 7.05. The number of allylic oxidation sites excluding steroid dienone is 3. The number of nitrogens with zero attached hydrogens (tertiary/aromatic N) is 2. The van der Waals surface area contributed by atoms with Crippen molar-refractivity contribution in [2.75, 3.05) is 6.54 Å². The van der Waals surface area contributed by atoms with Gasteiger partial charge in [-0.1, -0.05) is 36.4 Å². The van der Waals surface area contributed by atoms with Crippen LogP contribution in [0.15, 0.2) is 71.1 Å². The van der Waals surface area contributed by atoms with Crippen molar-refractivity contribution in [2.45, 2.75) is 44.2 Å². The maximum Gasteiger partial charge on any atom is 0.145 e. The molecule has 0 spiro atoms. The van der Waals surface area contributed by atoms with E-state index in [0.29, 0.717) is 6.42 Å². The fourth-order valence-electron chi connectivity index (χ4n) is 3.69. The van der Waals surface area contributed by atoms with Crippen LogP contribution in [0.3, 0.4) is 0 Å². The minimum absolute atomic E-state index is 0.227. The van der Waals surface area contributed by atoms with Crippen LogP contribution in [0.2, 0.25) is 0 Å².